The normalized spacial score (nSPS) is 10.7. The number of nitrogens with one attached hydrogen (secondary N) is 2. The zero-order valence-electron chi connectivity index (χ0n) is 10.6. The molecule has 3 aromatic rings. The molecule has 6 nitrogen and oxygen atoms in total. The highest BCUT2D eigenvalue weighted by molar-refractivity contribution is 9.10. The minimum atomic E-state index is -0.532. The van der Waals surface area contributed by atoms with E-state index in [0.29, 0.717) is 32.5 Å². The number of carbonyl (C=O) groups is 1. The Morgan fingerprint density at radius 2 is 2.05 bits per heavy atom. The molecule has 0 unspecified atom stereocenters. The number of aromatic amines is 1. The van der Waals surface area contributed by atoms with E-state index in [0.717, 1.165) is 0 Å². The molecule has 1 aromatic heterocycles. The lowest BCUT2D eigenvalue weighted by Crippen LogP contribution is -2.12. The number of hydrogen-bond acceptors (Lipinski definition) is 4. The van der Waals surface area contributed by atoms with Crippen LogP contribution in [-0.2, 0) is 0 Å². The molecule has 1 amide bonds. The predicted octanol–water partition coefficient (Wildman–Crippen LogP) is 2.72. The van der Waals surface area contributed by atoms with Crippen LogP contribution in [0.4, 0.5) is 11.4 Å². The third-order valence-electron chi connectivity index (χ3n) is 2.94. The van der Waals surface area contributed by atoms with Gasteiger partial charge in [0.2, 0.25) is 0 Å². The zero-order valence-corrected chi connectivity index (χ0v) is 12.2. The molecule has 0 fully saturated rings. The Balaban J connectivity index is 1.88. The molecule has 4 N–H and O–H groups in total. The maximum absolute atomic E-state index is 12.2. The summed E-state index contributed by atoms with van der Waals surface area (Å²) in [6, 6.07) is 9.82. The van der Waals surface area contributed by atoms with Crippen LogP contribution in [0.15, 0.2) is 50.1 Å². The summed E-state index contributed by atoms with van der Waals surface area (Å²) in [6.45, 7) is 0. The zero-order chi connectivity index (χ0) is 15.0. The average molecular weight is 348 g/mol. The summed E-state index contributed by atoms with van der Waals surface area (Å²) in [6.07, 6.45) is 0. The van der Waals surface area contributed by atoms with Gasteiger partial charge in [0.15, 0.2) is 5.58 Å². The van der Waals surface area contributed by atoms with Crippen LogP contribution in [0, 0.1) is 0 Å². The topological polar surface area (TPSA) is 101 Å². The molecule has 0 aliphatic rings. The Hall–Kier alpha value is -2.54. The smallest absolute Gasteiger partial charge is 0.408 e. The van der Waals surface area contributed by atoms with Gasteiger partial charge >= 0.3 is 5.76 Å². The number of fused-ring (bicyclic) bond motifs is 1. The van der Waals surface area contributed by atoms with Crippen LogP contribution in [0.2, 0.25) is 0 Å². The molecule has 7 heteroatoms. The van der Waals surface area contributed by atoms with E-state index in [9.17, 15) is 9.59 Å². The molecule has 0 aliphatic heterocycles. The molecule has 0 atom stereocenters. The third kappa shape index (κ3) is 2.68. The Kier molecular flexibility index (Phi) is 3.26. The first-order valence-electron chi connectivity index (χ1n) is 6.02. The predicted molar refractivity (Wildman–Crippen MR) is 83.3 cm³/mol. The molecule has 106 valence electrons. The van der Waals surface area contributed by atoms with Crippen molar-refractivity contribution in [2.24, 2.45) is 0 Å². The molecular formula is C14H10BrN3O3. The van der Waals surface area contributed by atoms with Gasteiger partial charge in [-0.2, -0.15) is 0 Å². The number of amides is 1. The Morgan fingerprint density at radius 3 is 2.81 bits per heavy atom. The second kappa shape index (κ2) is 5.10. The number of anilines is 2. The molecule has 2 aromatic carbocycles. The van der Waals surface area contributed by atoms with Crippen molar-refractivity contribution in [3.8, 4) is 0 Å². The highest BCUT2D eigenvalue weighted by Gasteiger charge is 2.09. The Morgan fingerprint density at radius 1 is 1.24 bits per heavy atom. The van der Waals surface area contributed by atoms with E-state index in [1.54, 1.807) is 36.4 Å². The lowest BCUT2D eigenvalue weighted by atomic mass is 10.2. The fraction of sp³-hybridized carbons (Fsp3) is 0. The van der Waals surface area contributed by atoms with E-state index >= 15 is 0 Å². The second-order valence-corrected chi connectivity index (χ2v) is 5.27. The van der Waals surface area contributed by atoms with Crippen molar-refractivity contribution in [3.63, 3.8) is 0 Å². The van der Waals surface area contributed by atoms with Crippen molar-refractivity contribution in [3.05, 3.63) is 57.0 Å². The monoisotopic (exact) mass is 347 g/mol. The number of rotatable bonds is 2. The summed E-state index contributed by atoms with van der Waals surface area (Å²) in [5.41, 5.74) is 8.23. The lowest BCUT2D eigenvalue weighted by Gasteiger charge is -2.06. The minimum absolute atomic E-state index is 0.277. The van der Waals surface area contributed by atoms with Gasteiger partial charge in [-0.25, -0.2) is 4.79 Å². The van der Waals surface area contributed by atoms with Gasteiger partial charge in [-0.3, -0.25) is 9.78 Å². The van der Waals surface area contributed by atoms with Gasteiger partial charge in [-0.05, 0) is 52.3 Å². The standard InChI is InChI=1S/C14H10BrN3O3/c15-9-5-7(1-3-10(9)16)13(19)17-8-2-4-12-11(6-8)18-14(20)21-12/h1-6H,16H2,(H,17,19)(H,18,20). The van der Waals surface area contributed by atoms with Crippen LogP contribution in [0.3, 0.4) is 0 Å². The SMILES string of the molecule is Nc1ccc(C(=O)Nc2ccc3oc(=O)[nH]c3c2)cc1Br. The first-order chi connectivity index (χ1) is 10.0. The molecule has 0 saturated carbocycles. The van der Waals surface area contributed by atoms with Gasteiger partial charge in [0, 0.05) is 21.4 Å². The molecule has 0 spiro atoms. The summed E-state index contributed by atoms with van der Waals surface area (Å²) in [7, 11) is 0. The number of oxazole rings is 1. The number of halogens is 1. The van der Waals surface area contributed by atoms with Crippen LogP contribution >= 0.6 is 15.9 Å². The maximum Gasteiger partial charge on any atom is 0.417 e. The minimum Gasteiger partial charge on any atom is -0.408 e. The van der Waals surface area contributed by atoms with Crippen LogP contribution in [-0.4, -0.2) is 10.9 Å². The molecule has 0 radical (unpaired) electrons. The van der Waals surface area contributed by atoms with Crippen LogP contribution in [0.1, 0.15) is 10.4 Å². The molecule has 0 bridgehead atoms. The number of benzene rings is 2. The van der Waals surface area contributed by atoms with Crippen molar-refractivity contribution in [2.75, 3.05) is 11.1 Å². The summed E-state index contributed by atoms with van der Waals surface area (Å²) in [5, 5.41) is 2.74. The third-order valence-corrected chi connectivity index (χ3v) is 3.63. The molecule has 0 aliphatic carbocycles. The number of carbonyl (C=O) groups excluding carboxylic acids is 1. The summed E-state index contributed by atoms with van der Waals surface area (Å²) in [4.78, 5) is 25.8. The fourth-order valence-corrected chi connectivity index (χ4v) is 2.28. The molecule has 0 saturated heterocycles. The second-order valence-electron chi connectivity index (χ2n) is 4.42. The van der Waals surface area contributed by atoms with Gasteiger partial charge in [0.25, 0.3) is 5.91 Å². The quantitative estimate of drug-likeness (QED) is 0.620. The number of hydrogen-bond donors (Lipinski definition) is 3. The van der Waals surface area contributed by atoms with Gasteiger partial charge in [0.1, 0.15) is 0 Å². The van der Waals surface area contributed by atoms with Crippen molar-refractivity contribution < 1.29 is 9.21 Å². The number of aromatic nitrogens is 1. The van der Waals surface area contributed by atoms with Gasteiger partial charge in [0.05, 0.1) is 5.52 Å². The van der Waals surface area contributed by atoms with Gasteiger partial charge < -0.3 is 15.5 Å². The Labute approximate surface area is 127 Å². The number of nitrogen functional groups attached to an aromatic ring is 1. The summed E-state index contributed by atoms with van der Waals surface area (Å²) in [5.74, 6) is -0.808. The van der Waals surface area contributed by atoms with E-state index < -0.39 is 5.76 Å². The highest BCUT2D eigenvalue weighted by Crippen LogP contribution is 2.22. The van der Waals surface area contributed by atoms with Crippen molar-refractivity contribution in [1.82, 2.24) is 4.98 Å². The maximum atomic E-state index is 12.2. The number of nitrogens with two attached hydrogens (primary N) is 1. The lowest BCUT2D eigenvalue weighted by molar-refractivity contribution is 0.102. The number of H-pyrrole nitrogens is 1. The van der Waals surface area contributed by atoms with Crippen LogP contribution < -0.4 is 16.8 Å². The van der Waals surface area contributed by atoms with Crippen molar-refractivity contribution in [2.45, 2.75) is 0 Å². The summed E-state index contributed by atoms with van der Waals surface area (Å²) >= 11 is 3.28. The van der Waals surface area contributed by atoms with Crippen molar-refractivity contribution >= 4 is 44.3 Å². The van der Waals surface area contributed by atoms with E-state index in [1.807, 2.05) is 0 Å². The van der Waals surface area contributed by atoms with E-state index in [1.165, 1.54) is 0 Å². The van der Waals surface area contributed by atoms with Crippen LogP contribution in [0.5, 0.6) is 0 Å². The molecule has 3 rings (SSSR count). The Bertz CT molecular complexity index is 898. The van der Waals surface area contributed by atoms with Crippen molar-refractivity contribution in [1.29, 1.82) is 0 Å². The highest BCUT2D eigenvalue weighted by atomic mass is 79.9. The molecular weight excluding hydrogens is 338 g/mol. The van der Waals surface area contributed by atoms with E-state index in [2.05, 4.69) is 26.2 Å². The van der Waals surface area contributed by atoms with E-state index in [4.69, 9.17) is 10.2 Å². The van der Waals surface area contributed by atoms with Crippen LogP contribution in [0.25, 0.3) is 11.1 Å². The van der Waals surface area contributed by atoms with Gasteiger partial charge in [-0.15, -0.1) is 0 Å². The first-order valence-corrected chi connectivity index (χ1v) is 6.81. The largest absolute Gasteiger partial charge is 0.417 e. The summed E-state index contributed by atoms with van der Waals surface area (Å²) < 4.78 is 5.55. The first kappa shape index (κ1) is 13.4. The van der Waals surface area contributed by atoms with E-state index in [-0.39, 0.29) is 5.91 Å². The fourth-order valence-electron chi connectivity index (χ4n) is 1.90. The molecule has 1 heterocycles. The average Bonchev–Trinajstić information content (AvgIpc) is 2.81. The van der Waals surface area contributed by atoms with Gasteiger partial charge in [-0.1, -0.05) is 0 Å². The molecule has 21 heavy (non-hydrogen) atoms.